The smallest absolute Gasteiger partial charge is 0.123 e. The van der Waals surface area contributed by atoms with Crippen LogP contribution in [0.25, 0.3) is 6.08 Å². The molecular weight excluding hydrogens is 216 g/mol. The van der Waals surface area contributed by atoms with Gasteiger partial charge in [0.05, 0.1) is 20.8 Å². The molecule has 94 valence electrons. The Hall–Kier alpha value is -1.48. The van der Waals surface area contributed by atoms with E-state index in [4.69, 9.17) is 9.47 Å². The van der Waals surface area contributed by atoms with Gasteiger partial charge in [0, 0.05) is 6.07 Å². The lowest BCUT2D eigenvalue weighted by atomic mass is 10.0. The zero-order chi connectivity index (χ0) is 12.8. The van der Waals surface area contributed by atoms with E-state index in [1.807, 2.05) is 24.3 Å². The van der Waals surface area contributed by atoms with Crippen molar-refractivity contribution in [3.63, 3.8) is 0 Å². The van der Waals surface area contributed by atoms with Crippen LogP contribution in [0.2, 0.25) is 0 Å². The van der Waals surface area contributed by atoms with Gasteiger partial charge in [0.1, 0.15) is 11.5 Å². The average Bonchev–Trinajstić information content (AvgIpc) is 2.34. The van der Waals surface area contributed by atoms with E-state index in [0.29, 0.717) is 5.92 Å². The van der Waals surface area contributed by atoms with Crippen molar-refractivity contribution in [1.82, 2.24) is 0 Å². The first-order valence-corrected chi connectivity index (χ1v) is 5.65. The third kappa shape index (κ3) is 3.79. The summed E-state index contributed by atoms with van der Waals surface area (Å²) in [7, 11) is 3.25. The maximum atomic E-state index is 9.28. The number of ether oxygens (including phenoxy) is 2. The van der Waals surface area contributed by atoms with Crippen LogP contribution in [-0.4, -0.2) is 25.9 Å². The van der Waals surface area contributed by atoms with Crippen LogP contribution in [0.4, 0.5) is 0 Å². The molecule has 17 heavy (non-hydrogen) atoms. The van der Waals surface area contributed by atoms with Gasteiger partial charge in [0.2, 0.25) is 0 Å². The number of hydrogen-bond acceptors (Lipinski definition) is 3. The molecule has 0 amide bonds. The van der Waals surface area contributed by atoms with Gasteiger partial charge in [-0.2, -0.15) is 0 Å². The molecule has 0 spiro atoms. The van der Waals surface area contributed by atoms with Crippen molar-refractivity contribution in [2.24, 2.45) is 5.92 Å². The molecule has 0 aliphatic heterocycles. The van der Waals surface area contributed by atoms with Crippen molar-refractivity contribution in [1.29, 1.82) is 0 Å². The summed E-state index contributed by atoms with van der Waals surface area (Å²) < 4.78 is 10.4. The highest BCUT2D eigenvalue weighted by Crippen LogP contribution is 2.25. The molecule has 1 N–H and O–H groups in total. The molecule has 0 atom stereocenters. The van der Waals surface area contributed by atoms with Gasteiger partial charge < -0.3 is 14.6 Å². The van der Waals surface area contributed by atoms with E-state index < -0.39 is 0 Å². The van der Waals surface area contributed by atoms with Gasteiger partial charge in [-0.3, -0.25) is 0 Å². The van der Waals surface area contributed by atoms with E-state index >= 15 is 0 Å². The Bertz CT molecular complexity index is 372. The van der Waals surface area contributed by atoms with Crippen molar-refractivity contribution in [2.75, 3.05) is 20.8 Å². The Morgan fingerprint density at radius 2 is 1.71 bits per heavy atom. The Morgan fingerprint density at radius 3 is 2.06 bits per heavy atom. The Kier molecular flexibility index (Phi) is 5.04. The molecule has 0 aliphatic rings. The van der Waals surface area contributed by atoms with E-state index in [-0.39, 0.29) is 6.61 Å². The normalized spacial score (nSPS) is 11.8. The summed E-state index contributed by atoms with van der Waals surface area (Å²) in [6.45, 7) is 4.18. The monoisotopic (exact) mass is 236 g/mol. The molecule has 0 heterocycles. The third-order valence-electron chi connectivity index (χ3n) is 2.65. The minimum absolute atomic E-state index is 0.0667. The number of aliphatic hydroxyl groups is 1. The zero-order valence-corrected chi connectivity index (χ0v) is 10.9. The summed E-state index contributed by atoms with van der Waals surface area (Å²) in [5, 5.41) is 9.28. The molecule has 0 unspecified atom stereocenters. The van der Waals surface area contributed by atoms with E-state index in [9.17, 15) is 5.11 Å². The summed E-state index contributed by atoms with van der Waals surface area (Å²) in [5.74, 6) is 1.81. The Morgan fingerprint density at radius 1 is 1.18 bits per heavy atom. The van der Waals surface area contributed by atoms with Crippen molar-refractivity contribution in [3.8, 4) is 11.5 Å². The highest BCUT2D eigenvalue weighted by Gasteiger charge is 2.04. The standard InChI is InChI=1S/C14H20O3/c1-10(2)12(9-15)5-11-6-13(16-3)8-14(7-11)17-4/h5-8,10,15H,9H2,1-4H3. The summed E-state index contributed by atoms with van der Waals surface area (Å²) in [4.78, 5) is 0. The summed E-state index contributed by atoms with van der Waals surface area (Å²) in [5.41, 5.74) is 1.96. The SMILES string of the molecule is COc1cc(C=C(CO)C(C)C)cc(OC)c1. The lowest BCUT2D eigenvalue weighted by Crippen LogP contribution is -1.99. The molecule has 0 aliphatic carbocycles. The van der Waals surface area contributed by atoms with Crippen molar-refractivity contribution >= 4 is 6.08 Å². The zero-order valence-electron chi connectivity index (χ0n) is 10.9. The van der Waals surface area contributed by atoms with Gasteiger partial charge in [-0.15, -0.1) is 0 Å². The minimum atomic E-state index is 0.0667. The maximum absolute atomic E-state index is 9.28. The Balaban J connectivity index is 3.12. The minimum Gasteiger partial charge on any atom is -0.497 e. The average molecular weight is 236 g/mol. The molecular formula is C14H20O3. The molecule has 0 saturated heterocycles. The van der Waals surface area contributed by atoms with Gasteiger partial charge in [0.25, 0.3) is 0 Å². The first kappa shape index (κ1) is 13.6. The third-order valence-corrected chi connectivity index (χ3v) is 2.65. The van der Waals surface area contributed by atoms with Crippen LogP contribution in [-0.2, 0) is 0 Å². The number of methoxy groups -OCH3 is 2. The van der Waals surface area contributed by atoms with Crippen molar-refractivity contribution in [2.45, 2.75) is 13.8 Å². The van der Waals surface area contributed by atoms with Crippen molar-refractivity contribution in [3.05, 3.63) is 29.3 Å². The molecule has 0 saturated carbocycles. The van der Waals surface area contributed by atoms with Crippen LogP contribution in [0.1, 0.15) is 19.4 Å². The van der Waals surface area contributed by atoms with Crippen LogP contribution in [0.3, 0.4) is 0 Å². The van der Waals surface area contributed by atoms with Gasteiger partial charge in [-0.05, 0) is 29.2 Å². The van der Waals surface area contributed by atoms with Crippen LogP contribution >= 0.6 is 0 Å². The predicted molar refractivity (Wildman–Crippen MR) is 69.4 cm³/mol. The second-order valence-corrected chi connectivity index (χ2v) is 4.18. The molecule has 0 aromatic heterocycles. The lowest BCUT2D eigenvalue weighted by Gasteiger charge is -2.10. The highest BCUT2D eigenvalue weighted by atomic mass is 16.5. The van der Waals surface area contributed by atoms with Gasteiger partial charge in [-0.1, -0.05) is 19.9 Å². The summed E-state index contributed by atoms with van der Waals surface area (Å²) >= 11 is 0. The molecule has 3 heteroatoms. The van der Waals surface area contributed by atoms with E-state index in [1.54, 1.807) is 14.2 Å². The molecule has 1 aromatic carbocycles. The Labute approximate surface area is 103 Å². The van der Waals surface area contributed by atoms with Crippen LogP contribution in [0.5, 0.6) is 11.5 Å². The fourth-order valence-corrected chi connectivity index (χ4v) is 1.52. The second kappa shape index (κ2) is 6.30. The quantitative estimate of drug-likeness (QED) is 0.854. The largest absolute Gasteiger partial charge is 0.497 e. The fourth-order valence-electron chi connectivity index (χ4n) is 1.52. The lowest BCUT2D eigenvalue weighted by molar-refractivity contribution is 0.320. The van der Waals surface area contributed by atoms with E-state index in [1.165, 1.54) is 0 Å². The van der Waals surface area contributed by atoms with E-state index in [0.717, 1.165) is 22.6 Å². The maximum Gasteiger partial charge on any atom is 0.123 e. The molecule has 0 bridgehead atoms. The fraction of sp³-hybridized carbons (Fsp3) is 0.429. The van der Waals surface area contributed by atoms with E-state index in [2.05, 4.69) is 13.8 Å². The highest BCUT2D eigenvalue weighted by molar-refractivity contribution is 5.58. The van der Waals surface area contributed by atoms with Crippen LogP contribution in [0.15, 0.2) is 23.8 Å². The molecule has 1 rings (SSSR count). The summed E-state index contributed by atoms with van der Waals surface area (Å²) in [6, 6.07) is 5.66. The van der Waals surface area contributed by atoms with Crippen molar-refractivity contribution < 1.29 is 14.6 Å². The van der Waals surface area contributed by atoms with Gasteiger partial charge >= 0.3 is 0 Å². The topological polar surface area (TPSA) is 38.7 Å². The number of aliphatic hydroxyl groups excluding tert-OH is 1. The molecule has 1 aromatic rings. The number of rotatable bonds is 5. The number of benzene rings is 1. The summed E-state index contributed by atoms with van der Waals surface area (Å²) in [6.07, 6.45) is 1.97. The first-order valence-electron chi connectivity index (χ1n) is 5.65. The molecule has 0 fully saturated rings. The molecule has 3 nitrogen and oxygen atoms in total. The predicted octanol–water partition coefficient (Wildman–Crippen LogP) is 2.74. The molecule has 0 radical (unpaired) electrons. The first-order chi connectivity index (χ1) is 8.10. The van der Waals surface area contributed by atoms with Crippen LogP contribution in [0, 0.1) is 5.92 Å². The second-order valence-electron chi connectivity index (χ2n) is 4.18. The van der Waals surface area contributed by atoms with Gasteiger partial charge in [0.15, 0.2) is 0 Å². The van der Waals surface area contributed by atoms with Gasteiger partial charge in [-0.25, -0.2) is 0 Å². The van der Waals surface area contributed by atoms with Crippen LogP contribution < -0.4 is 9.47 Å². The number of hydrogen-bond donors (Lipinski definition) is 1.